The van der Waals surface area contributed by atoms with Crippen molar-refractivity contribution < 1.29 is 17.9 Å². The minimum Gasteiger partial charge on any atom is -0.474 e. The van der Waals surface area contributed by atoms with Crippen LogP contribution in [0.2, 0.25) is 0 Å². The Morgan fingerprint density at radius 2 is 1.97 bits per heavy atom. The van der Waals surface area contributed by atoms with Crippen LogP contribution in [-0.4, -0.2) is 66.0 Å². The highest BCUT2D eigenvalue weighted by Crippen LogP contribution is 2.22. The highest BCUT2D eigenvalue weighted by molar-refractivity contribution is 7.92. The number of amides is 1. The number of sulfonamides is 1. The molecule has 1 aliphatic rings. The summed E-state index contributed by atoms with van der Waals surface area (Å²) < 4.78 is 32.7. The molecule has 2 aromatic rings. The van der Waals surface area contributed by atoms with Crippen molar-refractivity contribution in [2.45, 2.75) is 39.3 Å². The molecule has 9 nitrogen and oxygen atoms in total. The molecular formula is C19H27N5O4S. The zero-order chi connectivity index (χ0) is 21.0. The summed E-state index contributed by atoms with van der Waals surface area (Å²) in [5.74, 6) is 0.466. The Hall–Kier alpha value is -2.62. The Kier molecular flexibility index (Phi) is 6.41. The van der Waals surface area contributed by atoms with Gasteiger partial charge in [-0.15, -0.1) is 0 Å². The van der Waals surface area contributed by atoms with Crippen molar-refractivity contribution in [3.8, 4) is 5.88 Å². The Labute approximate surface area is 171 Å². The van der Waals surface area contributed by atoms with E-state index in [2.05, 4.69) is 10.1 Å². The summed E-state index contributed by atoms with van der Waals surface area (Å²) in [4.78, 5) is 18.7. The average Bonchev–Trinajstić information content (AvgIpc) is 3.22. The summed E-state index contributed by atoms with van der Waals surface area (Å²) in [5, 5.41) is 4.16. The lowest BCUT2D eigenvalue weighted by Crippen LogP contribution is -2.42. The molecule has 0 aromatic carbocycles. The smallest absolute Gasteiger partial charge is 0.272 e. The monoisotopic (exact) mass is 421 g/mol. The SMILES string of the molecule is CCn1nccc1C(=O)N1CCC(Oc2ccc(N(C)S(=O)(=O)CC)cn2)CC1. The number of carbonyl (C=O) groups is 1. The van der Waals surface area contributed by atoms with Crippen LogP contribution in [0, 0.1) is 0 Å². The molecule has 0 spiro atoms. The predicted octanol–water partition coefficient (Wildman–Crippen LogP) is 1.77. The lowest BCUT2D eigenvalue weighted by Gasteiger charge is -2.32. The summed E-state index contributed by atoms with van der Waals surface area (Å²) in [6.45, 7) is 5.42. The molecule has 0 radical (unpaired) electrons. The van der Waals surface area contributed by atoms with Crippen LogP contribution in [0.4, 0.5) is 5.69 Å². The number of anilines is 1. The second-order valence-corrected chi connectivity index (χ2v) is 9.15. The molecule has 2 aromatic heterocycles. The standard InChI is InChI=1S/C19H27N5O4S/c1-4-24-17(8-11-21-24)19(25)23-12-9-16(10-13-23)28-18-7-6-15(14-20-18)22(3)29(26,27)5-2/h6-8,11,14,16H,4-5,9-10,12-13H2,1-3H3. The van der Waals surface area contributed by atoms with Crippen LogP contribution in [0.1, 0.15) is 37.2 Å². The third-order valence-corrected chi connectivity index (χ3v) is 6.89. The van der Waals surface area contributed by atoms with Crippen molar-refractivity contribution in [1.29, 1.82) is 0 Å². The summed E-state index contributed by atoms with van der Waals surface area (Å²) in [6, 6.07) is 5.10. The average molecular weight is 422 g/mol. The highest BCUT2D eigenvalue weighted by atomic mass is 32.2. The first-order valence-corrected chi connectivity index (χ1v) is 11.4. The summed E-state index contributed by atoms with van der Waals surface area (Å²) in [6.07, 6.45) is 4.52. The molecule has 0 saturated carbocycles. The molecule has 3 rings (SSSR count). The number of aromatic nitrogens is 3. The maximum absolute atomic E-state index is 12.7. The van der Waals surface area contributed by atoms with Gasteiger partial charge >= 0.3 is 0 Å². The van der Waals surface area contributed by atoms with Crippen LogP contribution in [0.25, 0.3) is 0 Å². The number of piperidine rings is 1. The van der Waals surface area contributed by atoms with Gasteiger partial charge in [-0.05, 0) is 26.0 Å². The van der Waals surface area contributed by atoms with E-state index in [0.717, 1.165) is 0 Å². The third kappa shape index (κ3) is 4.69. The largest absolute Gasteiger partial charge is 0.474 e. The van der Waals surface area contributed by atoms with Crippen molar-refractivity contribution in [2.75, 3.05) is 30.2 Å². The quantitative estimate of drug-likeness (QED) is 0.676. The van der Waals surface area contributed by atoms with Gasteiger partial charge in [-0.2, -0.15) is 5.10 Å². The molecule has 1 saturated heterocycles. The Morgan fingerprint density at radius 3 is 2.55 bits per heavy atom. The van der Waals surface area contributed by atoms with E-state index >= 15 is 0 Å². The maximum Gasteiger partial charge on any atom is 0.272 e. The Balaban J connectivity index is 1.55. The lowest BCUT2D eigenvalue weighted by molar-refractivity contribution is 0.0577. The van der Waals surface area contributed by atoms with Crippen molar-refractivity contribution in [1.82, 2.24) is 19.7 Å². The number of likely N-dealkylation sites (tertiary alicyclic amines) is 1. The van der Waals surface area contributed by atoms with Gasteiger partial charge in [0.25, 0.3) is 5.91 Å². The zero-order valence-electron chi connectivity index (χ0n) is 17.0. The molecule has 1 aliphatic heterocycles. The fourth-order valence-corrected chi connectivity index (χ4v) is 4.08. The van der Waals surface area contributed by atoms with E-state index in [9.17, 15) is 13.2 Å². The number of hydrogen-bond donors (Lipinski definition) is 0. The van der Waals surface area contributed by atoms with Crippen LogP contribution in [0.15, 0.2) is 30.6 Å². The summed E-state index contributed by atoms with van der Waals surface area (Å²) in [5.41, 5.74) is 1.10. The van der Waals surface area contributed by atoms with Gasteiger partial charge in [-0.25, -0.2) is 13.4 Å². The highest BCUT2D eigenvalue weighted by Gasteiger charge is 2.26. The minimum absolute atomic E-state index is 0.00884. The van der Waals surface area contributed by atoms with Crippen molar-refractivity contribution in [3.63, 3.8) is 0 Å². The first-order valence-electron chi connectivity index (χ1n) is 9.76. The van der Waals surface area contributed by atoms with Crippen LogP contribution >= 0.6 is 0 Å². The molecule has 1 fully saturated rings. The van der Waals surface area contributed by atoms with E-state index in [1.54, 1.807) is 36.0 Å². The fourth-order valence-electron chi connectivity index (χ4n) is 3.26. The van der Waals surface area contributed by atoms with E-state index in [4.69, 9.17) is 4.74 Å². The number of hydrogen-bond acceptors (Lipinski definition) is 6. The predicted molar refractivity (Wildman–Crippen MR) is 110 cm³/mol. The second-order valence-electron chi connectivity index (χ2n) is 6.86. The van der Waals surface area contributed by atoms with Gasteiger partial charge in [0.2, 0.25) is 15.9 Å². The topological polar surface area (TPSA) is 97.6 Å². The van der Waals surface area contributed by atoms with Crippen LogP contribution in [-0.2, 0) is 16.6 Å². The first kappa shape index (κ1) is 21.1. The molecule has 0 N–H and O–H groups in total. The Bertz CT molecular complexity index is 934. The number of rotatable bonds is 7. The number of nitrogens with zero attached hydrogens (tertiary/aromatic N) is 5. The lowest BCUT2D eigenvalue weighted by atomic mass is 10.1. The summed E-state index contributed by atoms with van der Waals surface area (Å²) >= 11 is 0. The molecule has 0 aliphatic carbocycles. The number of ether oxygens (including phenoxy) is 1. The van der Waals surface area contributed by atoms with E-state index in [0.29, 0.717) is 49.7 Å². The van der Waals surface area contributed by atoms with E-state index in [-0.39, 0.29) is 17.8 Å². The van der Waals surface area contributed by atoms with Crippen molar-refractivity contribution in [3.05, 3.63) is 36.3 Å². The van der Waals surface area contributed by atoms with Gasteiger partial charge in [-0.3, -0.25) is 13.8 Å². The van der Waals surface area contributed by atoms with Crippen LogP contribution < -0.4 is 9.04 Å². The molecule has 29 heavy (non-hydrogen) atoms. The van der Waals surface area contributed by atoms with E-state index in [1.807, 2.05) is 11.8 Å². The number of aryl methyl sites for hydroxylation is 1. The molecule has 158 valence electrons. The minimum atomic E-state index is -3.32. The molecule has 0 unspecified atom stereocenters. The van der Waals surface area contributed by atoms with Gasteiger partial charge in [0, 0.05) is 51.8 Å². The third-order valence-electron chi connectivity index (χ3n) is 5.12. The summed E-state index contributed by atoms with van der Waals surface area (Å²) in [7, 11) is -1.81. The first-order chi connectivity index (χ1) is 13.9. The molecule has 0 atom stereocenters. The fraction of sp³-hybridized carbons (Fsp3) is 0.526. The van der Waals surface area contributed by atoms with Crippen molar-refractivity contribution >= 4 is 21.6 Å². The number of pyridine rings is 1. The van der Waals surface area contributed by atoms with Crippen LogP contribution in [0.5, 0.6) is 5.88 Å². The van der Waals surface area contributed by atoms with Gasteiger partial charge in [0.1, 0.15) is 11.8 Å². The van der Waals surface area contributed by atoms with E-state index < -0.39 is 10.0 Å². The van der Waals surface area contributed by atoms with Crippen LogP contribution in [0.3, 0.4) is 0 Å². The zero-order valence-corrected chi connectivity index (χ0v) is 17.8. The van der Waals surface area contributed by atoms with Gasteiger partial charge < -0.3 is 9.64 Å². The van der Waals surface area contributed by atoms with Gasteiger partial charge in [0.15, 0.2) is 0 Å². The molecule has 0 bridgehead atoms. The number of carbonyl (C=O) groups excluding carboxylic acids is 1. The maximum atomic E-state index is 12.7. The molecule has 10 heteroatoms. The van der Waals surface area contributed by atoms with Gasteiger partial charge in [-0.1, -0.05) is 0 Å². The molecule has 1 amide bonds. The van der Waals surface area contributed by atoms with Gasteiger partial charge in [0.05, 0.1) is 17.6 Å². The normalized spacial score (nSPS) is 15.3. The van der Waals surface area contributed by atoms with Crippen molar-refractivity contribution in [2.24, 2.45) is 0 Å². The molecule has 3 heterocycles. The molecular weight excluding hydrogens is 394 g/mol. The Morgan fingerprint density at radius 1 is 1.24 bits per heavy atom. The second kappa shape index (κ2) is 8.81. The van der Waals surface area contributed by atoms with E-state index in [1.165, 1.54) is 17.5 Å².